The lowest BCUT2D eigenvalue weighted by molar-refractivity contribution is 0.0732. The van der Waals surface area contributed by atoms with E-state index in [9.17, 15) is 0 Å². The Bertz CT molecular complexity index is 487. The van der Waals surface area contributed by atoms with Gasteiger partial charge in [-0.1, -0.05) is 34.6 Å². The molecule has 1 aliphatic rings. The number of nitrogens with one attached hydrogen (secondary N) is 1. The molecule has 3 nitrogen and oxygen atoms in total. The molecule has 0 aliphatic heterocycles. The van der Waals surface area contributed by atoms with E-state index in [0.717, 1.165) is 25.1 Å². The Morgan fingerprint density at radius 2 is 1.96 bits per heavy atom. The van der Waals surface area contributed by atoms with Crippen molar-refractivity contribution < 1.29 is 4.74 Å². The monoisotopic (exact) mass is 318 g/mol. The normalized spacial score (nSPS) is 22.7. The van der Waals surface area contributed by atoms with Crippen LogP contribution in [0.25, 0.3) is 0 Å². The fourth-order valence-electron chi connectivity index (χ4n) is 2.72. The van der Waals surface area contributed by atoms with Gasteiger partial charge >= 0.3 is 0 Å². The van der Waals surface area contributed by atoms with Crippen LogP contribution < -0.4 is 10.1 Å². The Balaban J connectivity index is 1.77. The molecule has 0 amide bonds. The van der Waals surface area contributed by atoms with Gasteiger partial charge in [-0.25, -0.2) is 4.98 Å². The number of aryl methyl sites for hydroxylation is 1. The number of hydrogen-bond donors (Lipinski definition) is 1. The number of nitrogens with zero attached hydrogens (tertiary/aromatic N) is 1. The SMILES string of the molecule is CC(C)[C@H](C)N[C@H]1C[C@H](Oc2cc(CCC(C)(C)C)ccn2)C1. The Hall–Kier alpha value is -1.09. The third kappa shape index (κ3) is 6.14. The van der Waals surface area contributed by atoms with Gasteiger partial charge in [0.25, 0.3) is 0 Å². The zero-order valence-corrected chi connectivity index (χ0v) is 15.7. The molecule has 1 atom stereocenters. The van der Waals surface area contributed by atoms with E-state index in [2.05, 4.69) is 64.0 Å². The minimum absolute atomic E-state index is 0.317. The highest BCUT2D eigenvalue weighted by Crippen LogP contribution is 2.27. The molecule has 3 heteroatoms. The van der Waals surface area contributed by atoms with Crippen molar-refractivity contribution in [3.05, 3.63) is 23.9 Å². The number of aromatic nitrogens is 1. The van der Waals surface area contributed by atoms with Crippen LogP contribution in [0.1, 0.15) is 66.4 Å². The van der Waals surface area contributed by atoms with Crippen molar-refractivity contribution in [1.29, 1.82) is 0 Å². The van der Waals surface area contributed by atoms with Crippen LogP contribution >= 0.6 is 0 Å². The van der Waals surface area contributed by atoms with Crippen molar-refractivity contribution in [3.63, 3.8) is 0 Å². The second-order valence-electron chi connectivity index (χ2n) is 8.67. The van der Waals surface area contributed by atoms with Crippen molar-refractivity contribution in [2.24, 2.45) is 11.3 Å². The van der Waals surface area contributed by atoms with E-state index in [1.54, 1.807) is 0 Å². The minimum atomic E-state index is 0.317. The summed E-state index contributed by atoms with van der Waals surface area (Å²) in [5.41, 5.74) is 1.69. The van der Waals surface area contributed by atoms with Crippen molar-refractivity contribution in [3.8, 4) is 5.88 Å². The largest absolute Gasteiger partial charge is 0.474 e. The van der Waals surface area contributed by atoms with Crippen LogP contribution in [0.15, 0.2) is 18.3 Å². The van der Waals surface area contributed by atoms with Gasteiger partial charge in [-0.2, -0.15) is 0 Å². The van der Waals surface area contributed by atoms with Gasteiger partial charge in [-0.3, -0.25) is 0 Å². The van der Waals surface area contributed by atoms with Gasteiger partial charge in [0.1, 0.15) is 6.10 Å². The summed E-state index contributed by atoms with van der Waals surface area (Å²) in [5, 5.41) is 3.68. The molecule has 0 bridgehead atoms. The van der Waals surface area contributed by atoms with Crippen LogP contribution in [-0.2, 0) is 6.42 Å². The predicted molar refractivity (Wildman–Crippen MR) is 96.9 cm³/mol. The van der Waals surface area contributed by atoms with E-state index < -0.39 is 0 Å². The summed E-state index contributed by atoms with van der Waals surface area (Å²) < 4.78 is 6.04. The Morgan fingerprint density at radius 1 is 1.26 bits per heavy atom. The van der Waals surface area contributed by atoms with Gasteiger partial charge in [0, 0.05) is 24.3 Å². The summed E-state index contributed by atoms with van der Waals surface area (Å²) in [5.74, 6) is 1.47. The second-order valence-corrected chi connectivity index (χ2v) is 8.67. The highest BCUT2D eigenvalue weighted by molar-refractivity contribution is 5.21. The molecule has 1 aliphatic carbocycles. The molecule has 1 aromatic heterocycles. The van der Waals surface area contributed by atoms with Crippen LogP contribution in [0.3, 0.4) is 0 Å². The molecule has 1 N–H and O–H groups in total. The number of rotatable bonds is 7. The molecular weight excluding hydrogens is 284 g/mol. The Kier molecular flexibility index (Phi) is 6.07. The molecule has 23 heavy (non-hydrogen) atoms. The molecule has 0 unspecified atom stereocenters. The van der Waals surface area contributed by atoms with Crippen molar-refractivity contribution in [1.82, 2.24) is 10.3 Å². The molecule has 1 saturated carbocycles. The number of ether oxygens (including phenoxy) is 1. The molecule has 130 valence electrons. The van der Waals surface area contributed by atoms with E-state index >= 15 is 0 Å². The topological polar surface area (TPSA) is 34.1 Å². The Labute approximate surface area is 142 Å². The van der Waals surface area contributed by atoms with Gasteiger partial charge in [0.05, 0.1) is 0 Å². The minimum Gasteiger partial charge on any atom is -0.474 e. The van der Waals surface area contributed by atoms with E-state index in [0.29, 0.717) is 29.5 Å². The number of hydrogen-bond acceptors (Lipinski definition) is 3. The molecular formula is C20H34N2O. The lowest BCUT2D eigenvalue weighted by Crippen LogP contribution is -2.50. The molecule has 0 aromatic carbocycles. The van der Waals surface area contributed by atoms with Gasteiger partial charge in [0.15, 0.2) is 0 Å². The first-order chi connectivity index (χ1) is 10.7. The predicted octanol–water partition coefficient (Wildman–Crippen LogP) is 4.60. The zero-order valence-electron chi connectivity index (χ0n) is 15.7. The quantitative estimate of drug-likeness (QED) is 0.797. The van der Waals surface area contributed by atoms with Crippen LogP contribution in [0.2, 0.25) is 0 Å². The summed E-state index contributed by atoms with van der Waals surface area (Å²) >= 11 is 0. The van der Waals surface area contributed by atoms with Gasteiger partial charge in [0.2, 0.25) is 5.88 Å². The van der Waals surface area contributed by atoms with Crippen molar-refractivity contribution in [2.75, 3.05) is 0 Å². The summed E-state index contributed by atoms with van der Waals surface area (Å²) in [4.78, 5) is 4.38. The standard InChI is InChI=1S/C20H34N2O/c1-14(2)15(3)22-17-12-18(13-17)23-19-11-16(8-10-21-19)7-9-20(4,5)6/h8,10-11,14-15,17-18,22H,7,9,12-13H2,1-6H3/t15-,17-,18-/m0/s1. The van der Waals surface area contributed by atoms with Crippen LogP contribution in [0.5, 0.6) is 5.88 Å². The molecule has 1 fully saturated rings. The highest BCUT2D eigenvalue weighted by Gasteiger charge is 2.32. The van der Waals surface area contributed by atoms with Crippen LogP contribution in [-0.4, -0.2) is 23.2 Å². The molecule has 0 spiro atoms. The lowest BCUT2D eigenvalue weighted by atomic mass is 9.87. The average Bonchev–Trinajstić information content (AvgIpc) is 2.42. The van der Waals surface area contributed by atoms with Crippen molar-refractivity contribution in [2.45, 2.75) is 85.4 Å². The van der Waals surface area contributed by atoms with Crippen LogP contribution in [0.4, 0.5) is 0 Å². The number of pyridine rings is 1. The molecule has 0 saturated heterocycles. The third-order valence-electron chi connectivity index (χ3n) is 4.84. The fourth-order valence-corrected chi connectivity index (χ4v) is 2.72. The zero-order chi connectivity index (χ0) is 17.0. The van der Waals surface area contributed by atoms with E-state index in [1.807, 2.05) is 6.20 Å². The van der Waals surface area contributed by atoms with E-state index in [1.165, 1.54) is 12.0 Å². The Morgan fingerprint density at radius 3 is 2.57 bits per heavy atom. The van der Waals surface area contributed by atoms with Gasteiger partial charge in [-0.15, -0.1) is 0 Å². The maximum atomic E-state index is 6.04. The second kappa shape index (κ2) is 7.65. The van der Waals surface area contributed by atoms with E-state index in [4.69, 9.17) is 4.74 Å². The summed E-state index contributed by atoms with van der Waals surface area (Å²) in [6.07, 6.45) is 6.64. The maximum absolute atomic E-state index is 6.04. The van der Waals surface area contributed by atoms with Crippen LogP contribution in [0, 0.1) is 11.3 Å². The first kappa shape index (κ1) is 18.3. The average molecular weight is 319 g/mol. The molecule has 1 aromatic rings. The first-order valence-corrected chi connectivity index (χ1v) is 9.10. The summed E-state index contributed by atoms with van der Waals surface area (Å²) in [6, 6.07) is 5.39. The maximum Gasteiger partial charge on any atom is 0.213 e. The van der Waals surface area contributed by atoms with E-state index in [-0.39, 0.29) is 0 Å². The smallest absolute Gasteiger partial charge is 0.213 e. The highest BCUT2D eigenvalue weighted by atomic mass is 16.5. The first-order valence-electron chi connectivity index (χ1n) is 9.10. The molecule has 1 heterocycles. The summed E-state index contributed by atoms with van der Waals surface area (Å²) in [6.45, 7) is 13.6. The van der Waals surface area contributed by atoms with Crippen molar-refractivity contribution >= 4 is 0 Å². The third-order valence-corrected chi connectivity index (χ3v) is 4.84. The lowest BCUT2D eigenvalue weighted by Gasteiger charge is -2.38. The fraction of sp³-hybridized carbons (Fsp3) is 0.750. The van der Waals surface area contributed by atoms with Gasteiger partial charge < -0.3 is 10.1 Å². The van der Waals surface area contributed by atoms with Gasteiger partial charge in [-0.05, 0) is 55.6 Å². The molecule has 2 rings (SSSR count). The molecule has 0 radical (unpaired) electrons. The summed E-state index contributed by atoms with van der Waals surface area (Å²) in [7, 11) is 0.